The number of nitrogens with zero attached hydrogens (tertiary/aromatic N) is 2. The Bertz CT molecular complexity index is 1090. The van der Waals surface area contributed by atoms with Crippen molar-refractivity contribution in [2.45, 2.75) is 32.0 Å². The van der Waals surface area contributed by atoms with Gasteiger partial charge in [0.1, 0.15) is 0 Å². The van der Waals surface area contributed by atoms with Crippen LogP contribution in [0, 0.1) is 13.8 Å². The van der Waals surface area contributed by atoms with E-state index < -0.39 is 0 Å². The highest BCUT2D eigenvalue weighted by Crippen LogP contribution is 2.22. The maximum absolute atomic E-state index is 13.2. The molecule has 0 saturated carbocycles. The van der Waals surface area contributed by atoms with Crippen LogP contribution in [-0.4, -0.2) is 41.0 Å². The van der Waals surface area contributed by atoms with E-state index in [0.717, 1.165) is 16.8 Å². The molecule has 0 aliphatic heterocycles. The number of methoxy groups -OCH3 is 1. The summed E-state index contributed by atoms with van der Waals surface area (Å²) in [4.78, 5) is 30.2. The molecule has 7 heteroatoms. The van der Waals surface area contributed by atoms with Gasteiger partial charge in [-0.15, -0.1) is 0 Å². The van der Waals surface area contributed by atoms with Gasteiger partial charge in [0.25, 0.3) is 5.56 Å². The lowest BCUT2D eigenvalue weighted by Gasteiger charge is -2.15. The first-order valence-corrected chi connectivity index (χ1v) is 10.4. The molecule has 0 spiro atoms. The van der Waals surface area contributed by atoms with E-state index in [0.29, 0.717) is 22.7 Å². The van der Waals surface area contributed by atoms with Gasteiger partial charge in [-0.1, -0.05) is 30.0 Å². The predicted molar refractivity (Wildman–Crippen MR) is 117 cm³/mol. The summed E-state index contributed by atoms with van der Waals surface area (Å²) in [7, 11) is 1.60. The first-order valence-electron chi connectivity index (χ1n) is 9.41. The Kier molecular flexibility index (Phi) is 6.71. The molecule has 152 valence electrons. The Labute approximate surface area is 174 Å². The smallest absolute Gasteiger partial charge is 0.266 e. The van der Waals surface area contributed by atoms with E-state index in [-0.39, 0.29) is 23.3 Å². The van der Waals surface area contributed by atoms with Crippen LogP contribution in [0.3, 0.4) is 0 Å². The Morgan fingerprint density at radius 1 is 1.21 bits per heavy atom. The Hall–Kier alpha value is -2.64. The molecule has 6 nitrogen and oxygen atoms in total. The molecule has 0 fully saturated rings. The van der Waals surface area contributed by atoms with Crippen LogP contribution in [0.1, 0.15) is 18.1 Å². The van der Waals surface area contributed by atoms with Gasteiger partial charge in [0.2, 0.25) is 5.91 Å². The monoisotopic (exact) mass is 411 g/mol. The fraction of sp³-hybridized carbons (Fsp3) is 0.318. The van der Waals surface area contributed by atoms with Gasteiger partial charge in [0, 0.05) is 13.2 Å². The lowest BCUT2D eigenvalue weighted by atomic mass is 10.1. The number of ether oxygens (including phenoxy) is 1. The molecule has 1 amide bonds. The molecular weight excluding hydrogens is 386 g/mol. The topological polar surface area (TPSA) is 73.2 Å². The molecule has 1 aromatic heterocycles. The van der Waals surface area contributed by atoms with Crippen molar-refractivity contribution in [1.82, 2.24) is 14.9 Å². The maximum Gasteiger partial charge on any atom is 0.266 e. The lowest BCUT2D eigenvalue weighted by Crippen LogP contribution is -2.36. The van der Waals surface area contributed by atoms with Gasteiger partial charge in [-0.2, -0.15) is 0 Å². The number of hydrogen-bond donors (Lipinski definition) is 1. The average molecular weight is 412 g/mol. The molecule has 0 radical (unpaired) electrons. The van der Waals surface area contributed by atoms with Gasteiger partial charge < -0.3 is 10.1 Å². The predicted octanol–water partition coefficient (Wildman–Crippen LogP) is 3.25. The Morgan fingerprint density at radius 2 is 1.97 bits per heavy atom. The quantitative estimate of drug-likeness (QED) is 0.477. The SMILES string of the molecule is COC[C@@H](C)NC(=O)CSc1nc2ccccc2c(=O)n1-c1ccc(C)c(C)c1. The summed E-state index contributed by atoms with van der Waals surface area (Å²) in [6.45, 7) is 6.36. The molecule has 1 atom stereocenters. The zero-order valence-corrected chi connectivity index (χ0v) is 17.9. The number of amides is 1. The Morgan fingerprint density at radius 3 is 2.69 bits per heavy atom. The van der Waals surface area contributed by atoms with Crippen molar-refractivity contribution in [2.75, 3.05) is 19.5 Å². The van der Waals surface area contributed by atoms with Crippen LogP contribution in [-0.2, 0) is 9.53 Å². The second kappa shape index (κ2) is 9.24. The summed E-state index contributed by atoms with van der Waals surface area (Å²) < 4.78 is 6.64. The van der Waals surface area contributed by atoms with E-state index in [9.17, 15) is 9.59 Å². The first kappa shape index (κ1) is 21.1. The van der Waals surface area contributed by atoms with E-state index >= 15 is 0 Å². The summed E-state index contributed by atoms with van der Waals surface area (Å²) in [5.74, 6) is 0.0255. The minimum atomic E-state index is -0.144. The molecule has 0 aliphatic rings. The highest BCUT2D eigenvalue weighted by atomic mass is 32.2. The van der Waals surface area contributed by atoms with E-state index in [1.165, 1.54) is 11.8 Å². The number of carbonyl (C=O) groups is 1. The third-order valence-electron chi connectivity index (χ3n) is 4.65. The summed E-state index contributed by atoms with van der Waals surface area (Å²) in [6.07, 6.45) is 0. The molecule has 1 heterocycles. The minimum Gasteiger partial charge on any atom is -0.383 e. The largest absolute Gasteiger partial charge is 0.383 e. The van der Waals surface area contributed by atoms with Crippen molar-refractivity contribution < 1.29 is 9.53 Å². The molecule has 0 bridgehead atoms. The molecule has 2 aromatic carbocycles. The van der Waals surface area contributed by atoms with Crippen LogP contribution < -0.4 is 10.9 Å². The summed E-state index contributed by atoms with van der Waals surface area (Å²) in [6, 6.07) is 13.0. The summed E-state index contributed by atoms with van der Waals surface area (Å²) in [5, 5.41) is 3.92. The van der Waals surface area contributed by atoms with E-state index in [1.54, 1.807) is 17.7 Å². The number of hydrogen-bond acceptors (Lipinski definition) is 5. The molecule has 0 unspecified atom stereocenters. The van der Waals surface area contributed by atoms with Crippen molar-refractivity contribution >= 4 is 28.6 Å². The number of nitrogens with one attached hydrogen (secondary N) is 1. The molecule has 3 rings (SSSR count). The lowest BCUT2D eigenvalue weighted by molar-refractivity contribution is -0.119. The summed E-state index contributed by atoms with van der Waals surface area (Å²) in [5.41, 5.74) is 3.45. The van der Waals surface area contributed by atoms with Gasteiger partial charge >= 0.3 is 0 Å². The number of benzene rings is 2. The van der Waals surface area contributed by atoms with Crippen LogP contribution in [0.5, 0.6) is 0 Å². The van der Waals surface area contributed by atoms with Crippen molar-refractivity contribution in [3.8, 4) is 5.69 Å². The molecule has 0 saturated heterocycles. The van der Waals surface area contributed by atoms with Gasteiger partial charge in [-0.3, -0.25) is 14.2 Å². The normalized spacial score (nSPS) is 12.1. The molecule has 0 aliphatic carbocycles. The van der Waals surface area contributed by atoms with Crippen LogP contribution in [0.15, 0.2) is 52.4 Å². The van der Waals surface area contributed by atoms with Crippen LogP contribution >= 0.6 is 11.8 Å². The second-order valence-corrected chi connectivity index (χ2v) is 7.98. The number of carbonyl (C=O) groups excluding carboxylic acids is 1. The van der Waals surface area contributed by atoms with Crippen LogP contribution in [0.25, 0.3) is 16.6 Å². The van der Waals surface area contributed by atoms with Crippen LogP contribution in [0.2, 0.25) is 0 Å². The third-order valence-corrected chi connectivity index (χ3v) is 5.59. The van der Waals surface area contributed by atoms with Gasteiger partial charge in [0.15, 0.2) is 5.16 Å². The molecule has 29 heavy (non-hydrogen) atoms. The number of rotatable bonds is 7. The highest BCUT2D eigenvalue weighted by Gasteiger charge is 2.16. The second-order valence-electron chi connectivity index (χ2n) is 7.03. The highest BCUT2D eigenvalue weighted by molar-refractivity contribution is 7.99. The fourth-order valence-corrected chi connectivity index (χ4v) is 3.86. The van der Waals surface area contributed by atoms with Gasteiger partial charge in [-0.05, 0) is 56.2 Å². The van der Waals surface area contributed by atoms with E-state index in [2.05, 4.69) is 10.3 Å². The van der Waals surface area contributed by atoms with Crippen molar-refractivity contribution in [1.29, 1.82) is 0 Å². The average Bonchev–Trinajstić information content (AvgIpc) is 2.69. The standard InChI is InChI=1S/C22H25N3O3S/c1-14-9-10-17(11-15(14)2)25-21(27)18-7-5-6-8-19(18)24-22(25)29-13-20(26)23-16(3)12-28-4/h5-11,16H,12-13H2,1-4H3,(H,23,26)/t16-/m1/s1. The molecule has 1 N–H and O–H groups in total. The van der Waals surface area contributed by atoms with Crippen molar-refractivity contribution in [2.24, 2.45) is 0 Å². The number of thioether (sulfide) groups is 1. The maximum atomic E-state index is 13.2. The van der Waals surface area contributed by atoms with E-state index in [4.69, 9.17) is 4.74 Å². The number of aromatic nitrogens is 2. The zero-order chi connectivity index (χ0) is 21.0. The number of para-hydroxylation sites is 1. The van der Waals surface area contributed by atoms with Crippen LogP contribution in [0.4, 0.5) is 0 Å². The van der Waals surface area contributed by atoms with Gasteiger partial charge in [0.05, 0.1) is 29.0 Å². The van der Waals surface area contributed by atoms with Gasteiger partial charge in [-0.25, -0.2) is 4.98 Å². The van der Waals surface area contributed by atoms with Crippen molar-refractivity contribution in [3.05, 3.63) is 63.9 Å². The third kappa shape index (κ3) is 4.86. The first-order chi connectivity index (χ1) is 13.9. The number of aryl methyl sites for hydroxylation is 2. The minimum absolute atomic E-state index is 0.0837. The molecular formula is C22H25N3O3S. The fourth-order valence-electron chi connectivity index (χ4n) is 3.04. The van der Waals surface area contributed by atoms with Crippen molar-refractivity contribution in [3.63, 3.8) is 0 Å². The molecule has 3 aromatic rings. The summed E-state index contributed by atoms with van der Waals surface area (Å²) >= 11 is 1.25. The number of fused-ring (bicyclic) bond motifs is 1. The zero-order valence-electron chi connectivity index (χ0n) is 17.1. The Balaban J connectivity index is 2.00. The van der Waals surface area contributed by atoms with E-state index in [1.807, 2.05) is 57.2 Å².